The van der Waals surface area contributed by atoms with Crippen molar-refractivity contribution < 1.29 is 24.0 Å². The quantitative estimate of drug-likeness (QED) is 0.394. The minimum Gasteiger partial charge on any atom is -0.490 e. The van der Waals surface area contributed by atoms with Gasteiger partial charge in [-0.1, -0.05) is 42.5 Å². The summed E-state index contributed by atoms with van der Waals surface area (Å²) in [4.78, 5) is 37.8. The minimum absolute atomic E-state index is 0.114. The molecule has 2 aromatic carbocycles. The summed E-state index contributed by atoms with van der Waals surface area (Å²) in [5.41, 5.74) is 2.60. The third kappa shape index (κ3) is 5.73. The van der Waals surface area contributed by atoms with Gasteiger partial charge in [-0.25, -0.2) is 9.69 Å². The van der Waals surface area contributed by atoms with Crippen LogP contribution in [0.25, 0.3) is 0 Å². The van der Waals surface area contributed by atoms with Crippen LogP contribution in [0, 0.1) is 17.0 Å². The van der Waals surface area contributed by atoms with Crippen molar-refractivity contribution >= 4 is 12.0 Å². The largest absolute Gasteiger partial charge is 0.490 e. The first-order valence-electron chi connectivity index (χ1n) is 11.8. The average molecular weight is 467 g/mol. The van der Waals surface area contributed by atoms with E-state index in [-0.39, 0.29) is 19.1 Å². The summed E-state index contributed by atoms with van der Waals surface area (Å²) in [6.45, 7) is 1.64. The predicted molar refractivity (Wildman–Crippen MR) is 125 cm³/mol. The van der Waals surface area contributed by atoms with Crippen LogP contribution in [0.3, 0.4) is 0 Å². The van der Waals surface area contributed by atoms with Crippen LogP contribution in [-0.4, -0.2) is 47.1 Å². The Hall–Kier alpha value is -3.42. The van der Waals surface area contributed by atoms with Crippen molar-refractivity contribution in [2.75, 3.05) is 13.2 Å². The van der Waals surface area contributed by atoms with E-state index in [1.165, 1.54) is 0 Å². The molecule has 2 aromatic rings. The van der Waals surface area contributed by atoms with E-state index >= 15 is 0 Å². The van der Waals surface area contributed by atoms with Crippen molar-refractivity contribution in [3.63, 3.8) is 0 Å². The Morgan fingerprint density at radius 2 is 1.94 bits per heavy atom. The molecule has 0 aromatic heterocycles. The molecule has 34 heavy (non-hydrogen) atoms. The van der Waals surface area contributed by atoms with E-state index in [2.05, 4.69) is 0 Å². The van der Waals surface area contributed by atoms with Crippen molar-refractivity contribution in [1.29, 1.82) is 0 Å². The molecule has 2 atom stereocenters. The van der Waals surface area contributed by atoms with Crippen LogP contribution in [0.4, 0.5) is 4.79 Å². The highest BCUT2D eigenvalue weighted by atomic mass is 16.6. The molecule has 8 nitrogen and oxygen atoms in total. The molecule has 1 aliphatic heterocycles. The van der Waals surface area contributed by atoms with Gasteiger partial charge in [0.2, 0.25) is 12.5 Å². The molecule has 1 saturated carbocycles. The molecular formula is C26H30N2O6. The van der Waals surface area contributed by atoms with Gasteiger partial charge in [0.15, 0.2) is 0 Å². The number of rotatable bonds is 9. The number of aryl methyl sites for hydroxylation is 1. The Kier molecular flexibility index (Phi) is 7.45. The van der Waals surface area contributed by atoms with Gasteiger partial charge < -0.3 is 9.47 Å². The molecule has 1 saturated heterocycles. The first-order valence-corrected chi connectivity index (χ1v) is 11.8. The van der Waals surface area contributed by atoms with Gasteiger partial charge >= 0.3 is 6.09 Å². The monoisotopic (exact) mass is 466 g/mol. The number of hydrogen-bond donors (Lipinski definition) is 0. The zero-order chi connectivity index (χ0) is 24.1. The normalized spacial score (nSPS) is 19.1. The molecule has 2 aliphatic rings. The Bertz CT molecular complexity index is 1030. The molecule has 1 aliphatic carbocycles. The maximum Gasteiger partial charge on any atom is 0.416 e. The van der Waals surface area contributed by atoms with E-state index in [9.17, 15) is 19.7 Å². The number of carbonyl (C=O) groups excluding carboxylic acids is 2. The number of carbonyl (C=O) groups is 2. The fourth-order valence-corrected chi connectivity index (χ4v) is 4.76. The second-order valence-corrected chi connectivity index (χ2v) is 9.15. The molecule has 0 spiro atoms. The third-order valence-corrected chi connectivity index (χ3v) is 6.61. The average Bonchev–Trinajstić information content (AvgIpc) is 3.45. The van der Waals surface area contributed by atoms with Crippen LogP contribution < -0.4 is 4.74 Å². The van der Waals surface area contributed by atoms with Gasteiger partial charge in [-0.05, 0) is 61.8 Å². The lowest BCUT2D eigenvalue weighted by Gasteiger charge is -2.22. The first kappa shape index (κ1) is 23.7. The SMILES string of the molecule is Cc1ccc([C@@H](CC(=O)N2C(=O)OC[C@H]2Cc2ccccc2)C[N+](=O)[O-])cc1OC1CCCC1. The van der Waals surface area contributed by atoms with Gasteiger partial charge in [-0.3, -0.25) is 14.9 Å². The fourth-order valence-electron chi connectivity index (χ4n) is 4.76. The fraction of sp³-hybridized carbons (Fsp3) is 0.462. The van der Waals surface area contributed by atoms with Crippen molar-refractivity contribution in [3.05, 3.63) is 75.3 Å². The van der Waals surface area contributed by atoms with Crippen LogP contribution in [0.2, 0.25) is 0 Å². The molecule has 0 radical (unpaired) electrons. The maximum absolute atomic E-state index is 13.2. The number of nitrogens with zero attached hydrogens (tertiary/aromatic N) is 2. The second kappa shape index (κ2) is 10.7. The van der Waals surface area contributed by atoms with Gasteiger partial charge in [-0.2, -0.15) is 0 Å². The molecule has 180 valence electrons. The van der Waals surface area contributed by atoms with Crippen molar-refractivity contribution in [2.45, 2.75) is 63.5 Å². The first-order chi connectivity index (χ1) is 16.4. The second-order valence-electron chi connectivity index (χ2n) is 9.15. The van der Waals surface area contributed by atoms with Gasteiger partial charge in [-0.15, -0.1) is 0 Å². The van der Waals surface area contributed by atoms with E-state index in [0.717, 1.165) is 41.7 Å². The number of cyclic esters (lactones) is 1. The lowest BCUT2D eigenvalue weighted by atomic mass is 9.93. The van der Waals surface area contributed by atoms with Gasteiger partial charge in [0.25, 0.3) is 0 Å². The summed E-state index contributed by atoms with van der Waals surface area (Å²) in [6, 6.07) is 14.6. The standard InChI is InChI=1S/C26H30N2O6/c1-18-11-12-20(14-24(18)34-23-9-5-6-10-23)21(16-27(31)32)15-25(29)28-22(17-33-26(28)30)13-19-7-3-2-4-8-19/h2-4,7-8,11-12,14,21-23H,5-6,9-10,13,15-17H2,1H3/t21-,22+/m0/s1. The summed E-state index contributed by atoms with van der Waals surface area (Å²) < 4.78 is 11.3. The van der Waals surface area contributed by atoms with Gasteiger partial charge in [0, 0.05) is 11.3 Å². The summed E-state index contributed by atoms with van der Waals surface area (Å²) in [5, 5.41) is 11.4. The highest BCUT2D eigenvalue weighted by molar-refractivity contribution is 5.94. The zero-order valence-corrected chi connectivity index (χ0v) is 19.4. The summed E-state index contributed by atoms with van der Waals surface area (Å²) >= 11 is 0. The van der Waals surface area contributed by atoms with Gasteiger partial charge in [0.1, 0.15) is 12.4 Å². The Balaban J connectivity index is 1.51. The van der Waals surface area contributed by atoms with Crippen LogP contribution >= 0.6 is 0 Å². The summed E-state index contributed by atoms with van der Waals surface area (Å²) in [6.07, 6.45) is 4.05. The molecule has 0 unspecified atom stereocenters. The van der Waals surface area contributed by atoms with E-state index in [1.807, 2.05) is 55.5 Å². The number of ether oxygens (including phenoxy) is 2. The van der Waals surface area contributed by atoms with E-state index < -0.39 is 35.4 Å². The van der Waals surface area contributed by atoms with E-state index in [4.69, 9.17) is 9.47 Å². The lowest BCUT2D eigenvalue weighted by Crippen LogP contribution is -2.41. The van der Waals surface area contributed by atoms with E-state index in [0.29, 0.717) is 17.7 Å². The highest BCUT2D eigenvalue weighted by Gasteiger charge is 2.39. The maximum atomic E-state index is 13.2. The van der Waals surface area contributed by atoms with Crippen LogP contribution in [0.5, 0.6) is 5.75 Å². The minimum atomic E-state index is -0.694. The molecule has 1 heterocycles. The smallest absolute Gasteiger partial charge is 0.416 e. The molecule has 8 heteroatoms. The lowest BCUT2D eigenvalue weighted by molar-refractivity contribution is -0.483. The molecular weight excluding hydrogens is 436 g/mol. The number of benzene rings is 2. The summed E-state index contributed by atoms with van der Waals surface area (Å²) in [7, 11) is 0. The van der Waals surface area contributed by atoms with Crippen molar-refractivity contribution in [2.24, 2.45) is 0 Å². The third-order valence-electron chi connectivity index (χ3n) is 6.61. The van der Waals surface area contributed by atoms with Crippen molar-refractivity contribution in [1.82, 2.24) is 4.90 Å². The van der Waals surface area contributed by atoms with Crippen LogP contribution in [0.1, 0.15) is 54.7 Å². The highest BCUT2D eigenvalue weighted by Crippen LogP contribution is 2.31. The van der Waals surface area contributed by atoms with Gasteiger partial charge in [0.05, 0.1) is 18.1 Å². The Morgan fingerprint density at radius 3 is 2.65 bits per heavy atom. The number of hydrogen-bond acceptors (Lipinski definition) is 6. The zero-order valence-electron chi connectivity index (χ0n) is 19.4. The van der Waals surface area contributed by atoms with Crippen molar-refractivity contribution in [3.8, 4) is 5.75 Å². The summed E-state index contributed by atoms with van der Waals surface area (Å²) in [5.74, 6) is -0.443. The van der Waals surface area contributed by atoms with Crippen LogP contribution in [-0.2, 0) is 16.0 Å². The topological polar surface area (TPSA) is 99.0 Å². The molecule has 0 N–H and O–H groups in total. The number of amides is 2. The molecule has 2 fully saturated rings. The Labute approximate surface area is 199 Å². The number of imide groups is 1. The predicted octanol–water partition coefficient (Wildman–Crippen LogP) is 4.66. The molecule has 4 rings (SSSR count). The van der Waals surface area contributed by atoms with Crippen LogP contribution in [0.15, 0.2) is 48.5 Å². The Morgan fingerprint density at radius 1 is 1.21 bits per heavy atom. The van der Waals surface area contributed by atoms with E-state index in [1.54, 1.807) is 0 Å². The number of nitro groups is 1. The molecule has 2 amide bonds. The molecule has 0 bridgehead atoms.